The summed E-state index contributed by atoms with van der Waals surface area (Å²) in [7, 11) is 0. The maximum Gasteiger partial charge on any atom is 0.251 e. The number of hydrogen-bond donors (Lipinski definition) is 0. The van der Waals surface area contributed by atoms with Crippen molar-refractivity contribution in [3.8, 4) is 0 Å². The number of nitrogens with zero attached hydrogens (tertiary/aromatic N) is 1. The third kappa shape index (κ3) is 2.41. The van der Waals surface area contributed by atoms with E-state index in [0.717, 1.165) is 19.4 Å². The van der Waals surface area contributed by atoms with E-state index in [9.17, 15) is 8.78 Å². The molecule has 1 unspecified atom stereocenters. The predicted octanol–water partition coefficient (Wildman–Crippen LogP) is 2.37. The van der Waals surface area contributed by atoms with Gasteiger partial charge in [0.2, 0.25) is 0 Å². The summed E-state index contributed by atoms with van der Waals surface area (Å²) < 4.78 is 24.2. The van der Waals surface area contributed by atoms with E-state index in [1.807, 2.05) is 4.90 Å². The molecule has 0 radical (unpaired) electrons. The third-order valence-electron chi connectivity index (χ3n) is 2.56. The van der Waals surface area contributed by atoms with Crippen molar-refractivity contribution in [3.05, 3.63) is 0 Å². The van der Waals surface area contributed by atoms with E-state index in [0.29, 0.717) is 12.0 Å². The van der Waals surface area contributed by atoms with Crippen molar-refractivity contribution in [2.24, 2.45) is 5.92 Å². The van der Waals surface area contributed by atoms with Crippen molar-refractivity contribution in [3.63, 3.8) is 0 Å². The van der Waals surface area contributed by atoms with E-state index in [-0.39, 0.29) is 6.54 Å². The van der Waals surface area contributed by atoms with E-state index in [4.69, 9.17) is 0 Å². The first-order valence-corrected chi connectivity index (χ1v) is 4.63. The first-order chi connectivity index (χ1) is 5.61. The van der Waals surface area contributed by atoms with E-state index in [1.54, 1.807) is 0 Å². The van der Waals surface area contributed by atoms with Crippen LogP contribution in [-0.4, -0.2) is 30.5 Å². The van der Waals surface area contributed by atoms with Crippen LogP contribution in [0.15, 0.2) is 0 Å². The molecule has 1 saturated heterocycles. The van der Waals surface area contributed by atoms with Crippen molar-refractivity contribution in [2.75, 3.05) is 13.1 Å². The number of rotatable bonds is 3. The van der Waals surface area contributed by atoms with Crippen LogP contribution in [0.1, 0.15) is 26.7 Å². The average Bonchev–Trinajstić information content (AvgIpc) is 2.33. The van der Waals surface area contributed by atoms with Gasteiger partial charge in [-0.25, -0.2) is 8.78 Å². The minimum atomic E-state index is -2.18. The highest BCUT2D eigenvalue weighted by Crippen LogP contribution is 2.23. The van der Waals surface area contributed by atoms with Gasteiger partial charge in [0.1, 0.15) is 0 Å². The largest absolute Gasteiger partial charge is 0.295 e. The van der Waals surface area contributed by atoms with E-state index in [1.165, 1.54) is 0 Å². The molecule has 72 valence electrons. The molecule has 1 nitrogen and oxygen atoms in total. The van der Waals surface area contributed by atoms with Crippen LogP contribution in [-0.2, 0) is 0 Å². The summed E-state index contributed by atoms with van der Waals surface area (Å²) in [5, 5.41) is 0. The molecule has 0 aliphatic carbocycles. The molecular formula is C9H17F2N. The Hall–Kier alpha value is -0.180. The van der Waals surface area contributed by atoms with Crippen molar-refractivity contribution in [2.45, 2.75) is 39.2 Å². The van der Waals surface area contributed by atoms with Crippen molar-refractivity contribution in [1.82, 2.24) is 4.90 Å². The minimum Gasteiger partial charge on any atom is -0.295 e. The van der Waals surface area contributed by atoms with Gasteiger partial charge in [-0.3, -0.25) is 4.90 Å². The molecule has 0 saturated carbocycles. The normalized spacial score (nSPS) is 26.0. The molecule has 0 aromatic heterocycles. The number of alkyl halides is 2. The molecule has 12 heavy (non-hydrogen) atoms. The molecule has 1 atom stereocenters. The maximum atomic E-state index is 12.1. The van der Waals surface area contributed by atoms with Crippen LogP contribution in [0, 0.1) is 5.92 Å². The quantitative estimate of drug-likeness (QED) is 0.639. The summed E-state index contributed by atoms with van der Waals surface area (Å²) in [6.45, 7) is 5.03. The van der Waals surface area contributed by atoms with Crippen LogP contribution in [0.3, 0.4) is 0 Å². The predicted molar refractivity (Wildman–Crippen MR) is 45.4 cm³/mol. The number of likely N-dealkylation sites (tertiary alicyclic amines) is 1. The van der Waals surface area contributed by atoms with Crippen molar-refractivity contribution < 1.29 is 8.78 Å². The van der Waals surface area contributed by atoms with Gasteiger partial charge in [0, 0.05) is 6.04 Å². The van der Waals surface area contributed by atoms with E-state index >= 15 is 0 Å². The van der Waals surface area contributed by atoms with E-state index < -0.39 is 6.43 Å². The summed E-state index contributed by atoms with van der Waals surface area (Å²) in [6.07, 6.45) is -0.00991. The molecular weight excluding hydrogens is 160 g/mol. The molecule has 0 spiro atoms. The third-order valence-corrected chi connectivity index (χ3v) is 2.56. The van der Waals surface area contributed by atoms with Crippen molar-refractivity contribution in [1.29, 1.82) is 0 Å². The van der Waals surface area contributed by atoms with Gasteiger partial charge in [0.25, 0.3) is 6.43 Å². The van der Waals surface area contributed by atoms with Gasteiger partial charge in [-0.2, -0.15) is 0 Å². The highest BCUT2D eigenvalue weighted by atomic mass is 19.3. The van der Waals surface area contributed by atoms with Crippen LogP contribution >= 0.6 is 0 Å². The van der Waals surface area contributed by atoms with Crippen LogP contribution < -0.4 is 0 Å². The van der Waals surface area contributed by atoms with Gasteiger partial charge < -0.3 is 0 Å². The summed E-state index contributed by atoms with van der Waals surface area (Å²) >= 11 is 0. The summed E-state index contributed by atoms with van der Waals surface area (Å²) in [4.78, 5) is 1.93. The second kappa shape index (κ2) is 4.17. The number of halogens is 2. The fourth-order valence-electron chi connectivity index (χ4n) is 2.01. The fourth-order valence-corrected chi connectivity index (χ4v) is 2.01. The summed E-state index contributed by atoms with van der Waals surface area (Å²) in [5.74, 6) is 0.506. The molecule has 3 heteroatoms. The fraction of sp³-hybridized carbons (Fsp3) is 1.00. The Morgan fingerprint density at radius 3 is 2.58 bits per heavy atom. The van der Waals surface area contributed by atoms with E-state index in [2.05, 4.69) is 13.8 Å². The Morgan fingerprint density at radius 1 is 1.42 bits per heavy atom. The van der Waals surface area contributed by atoms with Crippen LogP contribution in [0.4, 0.5) is 8.78 Å². The second-order valence-electron chi connectivity index (χ2n) is 3.84. The highest BCUT2D eigenvalue weighted by molar-refractivity contribution is 4.81. The minimum absolute atomic E-state index is 0.0388. The number of hydrogen-bond acceptors (Lipinski definition) is 1. The standard InChI is InChI=1S/C9H17F2N/c1-7(2)8-4-3-5-12(8)6-9(10)11/h7-9H,3-6H2,1-2H3. The van der Waals surface area contributed by atoms with Gasteiger partial charge in [-0.05, 0) is 25.3 Å². The molecule has 0 aromatic carbocycles. The Morgan fingerprint density at radius 2 is 2.08 bits per heavy atom. The molecule has 1 fully saturated rings. The molecule has 0 amide bonds. The molecule has 0 N–H and O–H groups in total. The molecule has 1 aliphatic rings. The Bertz CT molecular complexity index is 136. The monoisotopic (exact) mass is 177 g/mol. The van der Waals surface area contributed by atoms with Gasteiger partial charge in [-0.1, -0.05) is 13.8 Å². The highest BCUT2D eigenvalue weighted by Gasteiger charge is 2.28. The molecule has 0 aromatic rings. The topological polar surface area (TPSA) is 3.24 Å². The first kappa shape index (κ1) is 9.90. The zero-order chi connectivity index (χ0) is 9.14. The van der Waals surface area contributed by atoms with Crippen LogP contribution in [0.2, 0.25) is 0 Å². The molecule has 1 heterocycles. The molecule has 1 aliphatic heterocycles. The maximum absolute atomic E-state index is 12.1. The van der Waals surface area contributed by atoms with Crippen LogP contribution in [0.5, 0.6) is 0 Å². The lowest BCUT2D eigenvalue weighted by molar-refractivity contribution is 0.0723. The first-order valence-electron chi connectivity index (χ1n) is 4.63. The smallest absolute Gasteiger partial charge is 0.251 e. The Balaban J connectivity index is 2.41. The SMILES string of the molecule is CC(C)C1CCCN1CC(F)F. The van der Waals surface area contributed by atoms with Gasteiger partial charge in [-0.15, -0.1) is 0 Å². The molecule has 1 rings (SSSR count). The van der Waals surface area contributed by atoms with Gasteiger partial charge >= 0.3 is 0 Å². The Labute approximate surface area is 72.7 Å². The molecule has 0 bridgehead atoms. The lowest BCUT2D eigenvalue weighted by Crippen LogP contribution is -2.36. The zero-order valence-corrected chi connectivity index (χ0v) is 7.76. The van der Waals surface area contributed by atoms with Crippen LogP contribution in [0.25, 0.3) is 0 Å². The Kier molecular flexibility index (Phi) is 3.44. The van der Waals surface area contributed by atoms with Gasteiger partial charge in [0.05, 0.1) is 6.54 Å². The summed E-state index contributed by atoms with van der Waals surface area (Å²) in [6, 6.07) is 0.388. The zero-order valence-electron chi connectivity index (χ0n) is 7.76. The van der Waals surface area contributed by atoms with Gasteiger partial charge in [0.15, 0.2) is 0 Å². The lowest BCUT2D eigenvalue weighted by atomic mass is 10.0. The van der Waals surface area contributed by atoms with Crippen molar-refractivity contribution >= 4 is 0 Å². The lowest BCUT2D eigenvalue weighted by Gasteiger charge is -2.26. The second-order valence-corrected chi connectivity index (χ2v) is 3.84. The summed E-state index contributed by atoms with van der Waals surface area (Å²) in [5.41, 5.74) is 0. The average molecular weight is 177 g/mol.